The first-order valence-electron chi connectivity index (χ1n) is 15.4. The molecule has 0 saturated carbocycles. The lowest BCUT2D eigenvalue weighted by atomic mass is 9.88. The van der Waals surface area contributed by atoms with E-state index in [0.717, 1.165) is 24.6 Å². The number of benzene rings is 1. The largest absolute Gasteiger partial charge is 0.463 e. The topological polar surface area (TPSA) is 98.1 Å². The molecule has 1 aromatic carbocycles. The van der Waals surface area contributed by atoms with Gasteiger partial charge in [-0.1, -0.05) is 12.6 Å². The third-order valence-corrected chi connectivity index (χ3v) is 8.80. The number of hydrogen-bond donors (Lipinski definition) is 0. The lowest BCUT2D eigenvalue weighted by Gasteiger charge is -2.41. The molecule has 0 spiro atoms. The van der Waals surface area contributed by atoms with Gasteiger partial charge in [-0.05, 0) is 45.5 Å². The van der Waals surface area contributed by atoms with E-state index in [2.05, 4.69) is 17.6 Å². The van der Waals surface area contributed by atoms with Crippen molar-refractivity contribution in [1.82, 2.24) is 19.8 Å². The number of hydrogen-bond acceptors (Lipinski definition) is 9. The van der Waals surface area contributed by atoms with Gasteiger partial charge >= 0.3 is 12.2 Å². The minimum absolute atomic E-state index is 0.00249. The Kier molecular flexibility index (Phi) is 10.2. The number of carbonyl (C=O) groups is 1. The summed E-state index contributed by atoms with van der Waals surface area (Å²) in [5.74, 6) is -2.55. The predicted molar refractivity (Wildman–Crippen MR) is 163 cm³/mol. The highest BCUT2D eigenvalue weighted by Crippen LogP contribution is 2.40. The van der Waals surface area contributed by atoms with Crippen LogP contribution in [-0.2, 0) is 28.7 Å². The highest BCUT2D eigenvalue weighted by Gasteiger charge is 2.40. The first-order chi connectivity index (χ1) is 22.3. The maximum atomic E-state index is 15.1. The van der Waals surface area contributed by atoms with Gasteiger partial charge in [-0.3, -0.25) is 4.79 Å². The molecule has 2 aromatic rings. The van der Waals surface area contributed by atoms with Crippen molar-refractivity contribution in [1.29, 1.82) is 5.26 Å². The standard InChI is InChI=1S/C32H38F5N7O3/c1-21(33)29(45)44-14-13-43(16-22(44)9-11-38)28-23-6-5-12-42(27-24(32(35,36)37)7-4-8-25(27)34)17-26(23)39-30(40-28)47-20-31(18-41(2)3)10-15-46-19-31/h4,7-8,22H,1,5-6,9-10,12-20H2,2-3H3/t22-,31?/m0/s1. The molecule has 2 fully saturated rings. The molecule has 254 valence electrons. The smallest absolute Gasteiger partial charge is 0.418 e. The van der Waals surface area contributed by atoms with E-state index in [9.17, 15) is 27.6 Å². The minimum Gasteiger partial charge on any atom is -0.463 e. The summed E-state index contributed by atoms with van der Waals surface area (Å²) in [4.78, 5) is 28.5. The number of nitrogens with zero attached hydrogens (tertiary/aromatic N) is 7. The van der Waals surface area contributed by atoms with Gasteiger partial charge in [0.1, 0.15) is 18.2 Å². The number of anilines is 2. The summed E-state index contributed by atoms with van der Waals surface area (Å²) in [6.45, 7) is 5.49. The molecule has 15 heteroatoms. The Hall–Kier alpha value is -4.03. The molecule has 0 radical (unpaired) electrons. The number of alkyl halides is 3. The summed E-state index contributed by atoms with van der Waals surface area (Å²) in [6.07, 6.45) is -3.35. The van der Waals surface area contributed by atoms with E-state index in [1.54, 1.807) is 0 Å². The molecule has 2 atom stereocenters. The van der Waals surface area contributed by atoms with Crippen LogP contribution in [0.25, 0.3) is 0 Å². The molecule has 3 aliphatic rings. The van der Waals surface area contributed by atoms with Crippen molar-refractivity contribution in [3.8, 4) is 12.1 Å². The van der Waals surface area contributed by atoms with Crippen LogP contribution in [0.4, 0.5) is 33.5 Å². The number of halogens is 5. The van der Waals surface area contributed by atoms with Crippen LogP contribution in [0.15, 0.2) is 30.6 Å². The second-order valence-corrected chi connectivity index (χ2v) is 12.6. The van der Waals surface area contributed by atoms with E-state index in [4.69, 9.17) is 14.5 Å². The van der Waals surface area contributed by atoms with E-state index in [-0.39, 0.29) is 57.2 Å². The second-order valence-electron chi connectivity index (χ2n) is 12.6. The zero-order valence-corrected chi connectivity index (χ0v) is 26.5. The van der Waals surface area contributed by atoms with Crippen molar-refractivity contribution in [3.63, 3.8) is 0 Å². The molecule has 47 heavy (non-hydrogen) atoms. The molecule has 2 saturated heterocycles. The molecule has 0 aliphatic carbocycles. The average Bonchev–Trinajstić information content (AvgIpc) is 3.36. The summed E-state index contributed by atoms with van der Waals surface area (Å²) in [5, 5.41) is 9.49. The van der Waals surface area contributed by atoms with E-state index in [0.29, 0.717) is 49.7 Å². The lowest BCUT2D eigenvalue weighted by Crippen LogP contribution is -2.55. The Balaban J connectivity index is 1.54. The summed E-state index contributed by atoms with van der Waals surface area (Å²) in [6, 6.07) is 4.29. The van der Waals surface area contributed by atoms with Crippen LogP contribution in [0, 0.1) is 22.6 Å². The number of ether oxygens (including phenoxy) is 2. The van der Waals surface area contributed by atoms with Gasteiger partial charge < -0.3 is 29.1 Å². The summed E-state index contributed by atoms with van der Waals surface area (Å²) in [7, 11) is 3.90. The van der Waals surface area contributed by atoms with Crippen LogP contribution in [0.2, 0.25) is 0 Å². The predicted octanol–water partition coefficient (Wildman–Crippen LogP) is 4.35. The Morgan fingerprint density at radius 3 is 2.68 bits per heavy atom. The first-order valence-corrected chi connectivity index (χ1v) is 15.4. The quantitative estimate of drug-likeness (QED) is 0.287. The normalized spacial score (nSPS) is 21.8. The van der Waals surface area contributed by atoms with Crippen molar-refractivity contribution in [2.45, 2.75) is 44.4 Å². The fourth-order valence-electron chi connectivity index (χ4n) is 6.74. The average molecular weight is 664 g/mol. The van der Waals surface area contributed by atoms with Crippen LogP contribution in [-0.4, -0.2) is 98.4 Å². The van der Waals surface area contributed by atoms with E-state index >= 15 is 4.39 Å². The van der Waals surface area contributed by atoms with E-state index < -0.39 is 41.0 Å². The van der Waals surface area contributed by atoms with Crippen LogP contribution in [0.3, 0.4) is 0 Å². The Bertz CT molecular complexity index is 1520. The maximum absolute atomic E-state index is 15.1. The van der Waals surface area contributed by atoms with Crippen molar-refractivity contribution >= 4 is 17.4 Å². The number of rotatable bonds is 9. The highest BCUT2D eigenvalue weighted by atomic mass is 19.4. The van der Waals surface area contributed by atoms with Crippen molar-refractivity contribution in [3.05, 3.63) is 53.2 Å². The maximum Gasteiger partial charge on any atom is 0.418 e. The van der Waals surface area contributed by atoms with Crippen LogP contribution < -0.4 is 14.5 Å². The van der Waals surface area contributed by atoms with Gasteiger partial charge in [-0.2, -0.15) is 28.4 Å². The molecule has 3 aliphatic heterocycles. The molecule has 0 N–H and O–H groups in total. The number of piperazine rings is 1. The van der Waals surface area contributed by atoms with Gasteiger partial charge in [-0.25, -0.2) is 8.78 Å². The van der Waals surface area contributed by atoms with Crippen LogP contribution >= 0.6 is 0 Å². The Labute approximate surface area is 270 Å². The number of nitriles is 1. The third kappa shape index (κ3) is 7.59. The molecular weight excluding hydrogens is 625 g/mol. The molecular formula is C32H38F5N7O3. The molecule has 1 amide bonds. The van der Waals surface area contributed by atoms with E-state index in [1.807, 2.05) is 23.9 Å². The molecule has 1 unspecified atom stereocenters. The third-order valence-electron chi connectivity index (χ3n) is 8.80. The molecule has 1 aromatic heterocycles. The van der Waals surface area contributed by atoms with Crippen molar-refractivity contribution in [2.75, 3.05) is 76.4 Å². The zero-order valence-electron chi connectivity index (χ0n) is 26.5. The van der Waals surface area contributed by atoms with Crippen molar-refractivity contribution < 1.29 is 36.2 Å². The summed E-state index contributed by atoms with van der Waals surface area (Å²) < 4.78 is 83.0. The Morgan fingerprint density at radius 2 is 2.02 bits per heavy atom. The molecule has 10 nitrogen and oxygen atoms in total. The Morgan fingerprint density at radius 1 is 1.23 bits per heavy atom. The molecule has 4 heterocycles. The van der Waals surface area contributed by atoms with Gasteiger partial charge in [-0.15, -0.1) is 0 Å². The van der Waals surface area contributed by atoms with Gasteiger partial charge in [0.15, 0.2) is 5.83 Å². The van der Waals surface area contributed by atoms with Gasteiger partial charge in [0.25, 0.3) is 5.91 Å². The lowest BCUT2D eigenvalue weighted by molar-refractivity contribution is -0.137. The number of para-hydroxylation sites is 1. The highest BCUT2D eigenvalue weighted by molar-refractivity contribution is 5.91. The fourth-order valence-corrected chi connectivity index (χ4v) is 6.74. The summed E-state index contributed by atoms with van der Waals surface area (Å²) >= 11 is 0. The monoisotopic (exact) mass is 663 g/mol. The van der Waals surface area contributed by atoms with Crippen LogP contribution in [0.5, 0.6) is 6.01 Å². The van der Waals surface area contributed by atoms with Crippen LogP contribution in [0.1, 0.15) is 36.1 Å². The van der Waals surface area contributed by atoms with Crippen molar-refractivity contribution in [2.24, 2.45) is 5.41 Å². The number of carbonyl (C=O) groups excluding carboxylic acids is 1. The number of amides is 1. The SMILES string of the molecule is C=C(F)C(=O)N1CCN(c2nc(OCC3(CN(C)C)CCOC3)nc3c2CCCN(c2c(F)cccc2C(F)(F)F)C3)C[C@@H]1CC#N. The van der Waals surface area contributed by atoms with Gasteiger partial charge in [0.2, 0.25) is 0 Å². The fraction of sp³-hybridized carbons (Fsp3) is 0.562. The number of fused-ring (bicyclic) bond motifs is 1. The van der Waals surface area contributed by atoms with E-state index in [1.165, 1.54) is 9.80 Å². The summed E-state index contributed by atoms with van der Waals surface area (Å²) in [5.41, 5.74) is -0.915. The first kappa shape index (κ1) is 34.3. The second kappa shape index (κ2) is 14.0. The molecule has 5 rings (SSSR count). The zero-order chi connectivity index (χ0) is 33.9. The molecule has 0 bridgehead atoms. The number of aromatic nitrogens is 2. The minimum atomic E-state index is -4.78. The van der Waals surface area contributed by atoms with Gasteiger partial charge in [0, 0.05) is 50.3 Å². The van der Waals surface area contributed by atoms with Gasteiger partial charge in [0.05, 0.1) is 48.6 Å².